The molecule has 19 heavy (non-hydrogen) atoms. The summed E-state index contributed by atoms with van der Waals surface area (Å²) < 4.78 is 15.2. The number of halogens is 6. The van der Waals surface area contributed by atoms with Crippen molar-refractivity contribution in [2.45, 2.75) is 31.6 Å². The molecule has 0 bridgehead atoms. The molecule has 0 heterocycles. The summed E-state index contributed by atoms with van der Waals surface area (Å²) in [6.45, 7) is 0.168. The smallest absolute Gasteiger partial charge is 0.133 e. The fourth-order valence-electron chi connectivity index (χ4n) is 1.46. The van der Waals surface area contributed by atoms with E-state index in [2.05, 4.69) is 95.6 Å². The maximum atomic E-state index is 10.6. The van der Waals surface area contributed by atoms with E-state index in [1.165, 1.54) is 0 Å². The van der Waals surface area contributed by atoms with Crippen molar-refractivity contribution in [1.29, 1.82) is 0 Å². The highest BCUT2D eigenvalue weighted by molar-refractivity contribution is 9.13. The summed E-state index contributed by atoms with van der Waals surface area (Å²) in [6, 6.07) is 0. The fraction of sp³-hybridized carbons (Fsp3) is 1.00. The largest absolute Gasteiger partial charge is 0.694 e. The molecule has 0 aliphatic carbocycles. The highest BCUT2D eigenvalue weighted by Gasteiger charge is 2.39. The lowest BCUT2D eigenvalue weighted by atomic mass is 9.94. The maximum absolute atomic E-state index is 10.6. The van der Waals surface area contributed by atoms with Crippen molar-refractivity contribution in [2.24, 2.45) is 0 Å². The molecule has 1 N–H and O–H groups in total. The molecule has 0 aromatic heterocycles. The molecule has 0 spiro atoms. The molecule has 0 radical (unpaired) electrons. The molecule has 0 aromatic carbocycles. The molecule has 0 fully saturated rings. The summed E-state index contributed by atoms with van der Waals surface area (Å²) in [5.74, 6) is 0. The lowest BCUT2D eigenvalue weighted by Crippen LogP contribution is -2.40. The third kappa shape index (κ3) is 9.59. The van der Waals surface area contributed by atoms with Gasteiger partial charge in [-0.05, 0) is 12.8 Å². The van der Waals surface area contributed by atoms with Gasteiger partial charge in [-0.2, -0.15) is 0 Å². The van der Waals surface area contributed by atoms with Crippen molar-refractivity contribution < 1.29 is 14.0 Å². The summed E-state index contributed by atoms with van der Waals surface area (Å²) >= 11 is 21.4. The number of hydrogen-bond acceptors (Lipinski definition) is 2. The van der Waals surface area contributed by atoms with Crippen LogP contribution in [0.4, 0.5) is 0 Å². The van der Waals surface area contributed by atoms with Crippen molar-refractivity contribution in [3.05, 3.63) is 0 Å². The van der Waals surface area contributed by atoms with Crippen molar-refractivity contribution in [3.63, 3.8) is 0 Å². The number of hydrogen-bond donors (Lipinski definition) is 1. The van der Waals surface area contributed by atoms with Gasteiger partial charge in [-0.1, -0.05) is 95.6 Å². The van der Waals surface area contributed by atoms with Gasteiger partial charge in [0.1, 0.15) is 6.61 Å². The summed E-state index contributed by atoms with van der Waals surface area (Å²) in [6.07, 6.45) is 1.68. The van der Waals surface area contributed by atoms with Crippen LogP contribution in [0, 0.1) is 0 Å². The van der Waals surface area contributed by atoms with Gasteiger partial charge >= 0.3 is 8.25 Å². The van der Waals surface area contributed by atoms with Crippen LogP contribution in [0.25, 0.3) is 0 Å². The van der Waals surface area contributed by atoms with E-state index in [-0.39, 0.29) is 15.8 Å². The Balaban J connectivity index is 4.75. The van der Waals surface area contributed by atoms with Gasteiger partial charge in [-0.3, -0.25) is 0 Å². The van der Waals surface area contributed by atoms with Gasteiger partial charge in [0.15, 0.2) is 0 Å². The topological polar surface area (TPSA) is 46.5 Å². The first kappa shape index (κ1) is 21.9. The Morgan fingerprint density at radius 3 is 1.84 bits per heavy atom. The van der Waals surface area contributed by atoms with Crippen LogP contribution in [0.15, 0.2) is 0 Å². The van der Waals surface area contributed by atoms with E-state index in [9.17, 15) is 4.57 Å². The summed E-state index contributed by atoms with van der Waals surface area (Å²) in [4.78, 5) is 9.25. The first-order chi connectivity index (χ1) is 8.75. The van der Waals surface area contributed by atoms with Crippen LogP contribution >= 0.6 is 104 Å². The van der Waals surface area contributed by atoms with E-state index in [0.29, 0.717) is 9.65 Å². The van der Waals surface area contributed by atoms with E-state index >= 15 is 0 Å². The molecular formula is C9H14Br6O3P+. The molecule has 0 amide bonds. The number of rotatable bonds is 10. The second-order valence-corrected chi connectivity index (χ2v) is 11.3. The normalized spacial score (nSPS) is 20.5. The lowest BCUT2D eigenvalue weighted by Gasteiger charge is -2.34. The average molecular weight is 681 g/mol. The first-order valence-electron chi connectivity index (χ1n) is 5.27. The van der Waals surface area contributed by atoms with Crippen molar-refractivity contribution in [3.8, 4) is 0 Å². The van der Waals surface area contributed by atoms with Crippen LogP contribution in [-0.2, 0) is 9.09 Å². The molecule has 0 saturated heterocycles. The Morgan fingerprint density at radius 2 is 1.53 bits per heavy atom. The Bertz CT molecular complexity index is 271. The zero-order valence-electron chi connectivity index (χ0n) is 9.75. The molecule has 4 unspecified atom stereocenters. The zero-order chi connectivity index (χ0) is 15.1. The second-order valence-electron chi connectivity index (χ2n) is 3.95. The molecule has 0 aliphatic heterocycles. The standard InChI is InChI=1S/C9H13Br6O3P/c10-3-6(12)1-9(15,2-7(13)4-11)8(14)5-18-19(16)17/h6-8H,1-5H2/p+1. The van der Waals surface area contributed by atoms with Gasteiger partial charge in [-0.25, -0.2) is 0 Å². The molecule has 0 rings (SSSR count). The van der Waals surface area contributed by atoms with Crippen molar-refractivity contribution >= 4 is 104 Å². The Labute approximate surface area is 165 Å². The van der Waals surface area contributed by atoms with Crippen LogP contribution in [0.2, 0.25) is 0 Å². The van der Waals surface area contributed by atoms with Crippen LogP contribution < -0.4 is 0 Å². The third-order valence-electron chi connectivity index (χ3n) is 2.35. The molecule has 4 atom stereocenters. The highest BCUT2D eigenvalue weighted by Crippen LogP contribution is 2.41. The van der Waals surface area contributed by atoms with Gasteiger partial charge in [0.2, 0.25) is 0 Å². The van der Waals surface area contributed by atoms with Gasteiger partial charge < -0.3 is 0 Å². The van der Waals surface area contributed by atoms with Crippen LogP contribution in [0.5, 0.6) is 0 Å². The van der Waals surface area contributed by atoms with Gasteiger partial charge in [0.05, 0.1) is 4.83 Å². The molecule has 3 nitrogen and oxygen atoms in total. The summed E-state index contributed by atoms with van der Waals surface area (Å²) in [5, 5.41) is 1.66. The number of alkyl halides is 6. The first-order valence-corrected chi connectivity index (χ1v) is 12.2. The molecule has 0 aromatic rings. The highest BCUT2D eigenvalue weighted by atomic mass is 79.9. The Morgan fingerprint density at radius 1 is 1.11 bits per heavy atom. The van der Waals surface area contributed by atoms with Crippen LogP contribution in [-0.4, -0.2) is 41.0 Å². The third-order valence-corrected chi connectivity index (χ3v) is 10.3. The zero-order valence-corrected chi connectivity index (χ0v) is 20.2. The quantitative estimate of drug-likeness (QED) is 0.240. The molecular weight excluding hydrogens is 666 g/mol. The van der Waals surface area contributed by atoms with Gasteiger partial charge in [0, 0.05) is 29.2 Å². The van der Waals surface area contributed by atoms with Gasteiger partial charge in [-0.15, -0.1) is 9.42 Å². The minimum Gasteiger partial charge on any atom is -0.133 e. The lowest BCUT2D eigenvalue weighted by molar-refractivity contribution is 0.267. The molecule has 0 saturated carbocycles. The molecule has 0 aliphatic rings. The predicted octanol–water partition coefficient (Wildman–Crippen LogP) is 5.65. The minimum absolute atomic E-state index is 0.0794. The Hall–Kier alpha value is 2.90. The van der Waals surface area contributed by atoms with Gasteiger partial charge in [0.25, 0.3) is 0 Å². The van der Waals surface area contributed by atoms with Crippen molar-refractivity contribution in [1.82, 2.24) is 0 Å². The monoisotopic (exact) mass is 675 g/mol. The van der Waals surface area contributed by atoms with Crippen molar-refractivity contribution in [2.75, 3.05) is 17.3 Å². The van der Waals surface area contributed by atoms with E-state index < -0.39 is 8.25 Å². The Kier molecular flexibility index (Phi) is 13.2. The van der Waals surface area contributed by atoms with Crippen LogP contribution in [0.3, 0.4) is 0 Å². The van der Waals surface area contributed by atoms with E-state index in [1.54, 1.807) is 0 Å². The SMILES string of the molecule is O=[P+](O)OCC(Br)C(Br)(CC(Br)CBr)CC(Br)CBr. The predicted molar refractivity (Wildman–Crippen MR) is 102 cm³/mol. The van der Waals surface area contributed by atoms with E-state index in [4.69, 9.17) is 9.42 Å². The molecule has 114 valence electrons. The van der Waals surface area contributed by atoms with Crippen LogP contribution in [0.1, 0.15) is 12.8 Å². The summed E-state index contributed by atoms with van der Waals surface area (Å²) in [7, 11) is -2.57. The molecule has 10 heteroatoms. The average Bonchev–Trinajstić information content (AvgIpc) is 2.34. The second kappa shape index (κ2) is 11.4. The summed E-state index contributed by atoms with van der Waals surface area (Å²) in [5.41, 5.74) is 0. The minimum atomic E-state index is -2.57. The van der Waals surface area contributed by atoms with E-state index in [1.807, 2.05) is 0 Å². The maximum Gasteiger partial charge on any atom is 0.694 e. The van der Waals surface area contributed by atoms with E-state index in [0.717, 1.165) is 23.5 Å². The fourth-order valence-corrected chi connectivity index (χ4v) is 5.85.